The van der Waals surface area contributed by atoms with Crippen LogP contribution in [0.5, 0.6) is 5.75 Å². The van der Waals surface area contributed by atoms with E-state index in [4.69, 9.17) is 14.2 Å². The molecule has 5 nitrogen and oxygen atoms in total. The standard InChI is InChI=1S/C27H36O5S/c1-18-5-11-24(12-6-18)33-27(29)15-23-14-25(28)20(3)26(32-23)13-19(2)16-31-17-21-7-9-22(30-4)10-8-21/h5-12,19-20,23,25-26,28H,13-17H2,1-4H3/t19-,20+,23-,25-,26-/m1/s1. The van der Waals surface area contributed by atoms with Crippen molar-refractivity contribution in [2.24, 2.45) is 11.8 Å². The smallest absolute Gasteiger partial charge is 0.196 e. The molecule has 1 aliphatic rings. The van der Waals surface area contributed by atoms with Crippen LogP contribution < -0.4 is 4.74 Å². The highest BCUT2D eigenvalue weighted by Crippen LogP contribution is 2.32. The summed E-state index contributed by atoms with van der Waals surface area (Å²) in [6.45, 7) is 7.35. The number of methoxy groups -OCH3 is 1. The van der Waals surface area contributed by atoms with Crippen LogP contribution in [0.3, 0.4) is 0 Å². The van der Waals surface area contributed by atoms with Gasteiger partial charge in [-0.25, -0.2) is 0 Å². The lowest BCUT2D eigenvalue weighted by molar-refractivity contribution is -0.145. The van der Waals surface area contributed by atoms with Gasteiger partial charge in [0.05, 0.1) is 32.0 Å². The molecule has 1 fully saturated rings. The van der Waals surface area contributed by atoms with Crippen molar-refractivity contribution in [1.29, 1.82) is 0 Å². The predicted molar refractivity (Wildman–Crippen MR) is 132 cm³/mol. The highest BCUT2D eigenvalue weighted by Gasteiger charge is 2.36. The lowest BCUT2D eigenvalue weighted by Crippen LogP contribution is -2.44. The summed E-state index contributed by atoms with van der Waals surface area (Å²) in [5.74, 6) is 1.14. The summed E-state index contributed by atoms with van der Waals surface area (Å²) in [4.78, 5) is 13.5. The van der Waals surface area contributed by atoms with Gasteiger partial charge in [0.2, 0.25) is 0 Å². The van der Waals surface area contributed by atoms with Crippen molar-refractivity contribution in [1.82, 2.24) is 0 Å². The van der Waals surface area contributed by atoms with Crippen LogP contribution in [-0.2, 0) is 20.9 Å². The first-order valence-corrected chi connectivity index (χ1v) is 12.5. The van der Waals surface area contributed by atoms with Gasteiger partial charge < -0.3 is 19.3 Å². The Morgan fingerprint density at radius 3 is 2.55 bits per heavy atom. The van der Waals surface area contributed by atoms with Crippen LogP contribution in [0, 0.1) is 18.8 Å². The number of hydrogen-bond acceptors (Lipinski definition) is 6. The summed E-state index contributed by atoms with van der Waals surface area (Å²) in [5, 5.41) is 10.7. The molecule has 0 unspecified atom stereocenters. The van der Waals surface area contributed by atoms with Crippen LogP contribution >= 0.6 is 11.8 Å². The quantitative estimate of drug-likeness (QED) is 0.467. The summed E-state index contributed by atoms with van der Waals surface area (Å²) >= 11 is 1.25. The second kappa shape index (κ2) is 12.6. The summed E-state index contributed by atoms with van der Waals surface area (Å²) < 4.78 is 17.4. The molecule has 5 atom stereocenters. The van der Waals surface area contributed by atoms with E-state index >= 15 is 0 Å². The number of aryl methyl sites for hydroxylation is 1. The molecule has 1 heterocycles. The van der Waals surface area contributed by atoms with E-state index in [2.05, 4.69) is 6.92 Å². The van der Waals surface area contributed by atoms with Gasteiger partial charge >= 0.3 is 0 Å². The molecule has 2 aromatic carbocycles. The number of hydrogen-bond donors (Lipinski definition) is 1. The number of thioether (sulfide) groups is 1. The van der Waals surface area contributed by atoms with E-state index in [9.17, 15) is 9.90 Å². The number of aliphatic hydroxyl groups excluding tert-OH is 1. The Bertz CT molecular complexity index is 867. The number of rotatable bonds is 10. The van der Waals surface area contributed by atoms with E-state index < -0.39 is 6.10 Å². The van der Waals surface area contributed by atoms with Gasteiger partial charge in [-0.3, -0.25) is 4.79 Å². The molecule has 0 aromatic heterocycles. The van der Waals surface area contributed by atoms with Gasteiger partial charge in [0, 0.05) is 30.3 Å². The van der Waals surface area contributed by atoms with Gasteiger partial charge in [0.25, 0.3) is 0 Å². The van der Waals surface area contributed by atoms with E-state index in [-0.39, 0.29) is 29.2 Å². The SMILES string of the molecule is COc1ccc(COC[C@H](C)C[C@H]2O[C@@H](CC(=O)Sc3ccc(C)cc3)C[C@@H](O)[C@@H]2C)cc1. The topological polar surface area (TPSA) is 65.0 Å². The fraction of sp³-hybridized carbons (Fsp3) is 0.519. The third-order valence-electron chi connectivity index (χ3n) is 6.18. The molecule has 33 heavy (non-hydrogen) atoms. The first kappa shape index (κ1) is 25.8. The number of carbonyl (C=O) groups excluding carboxylic acids is 1. The third kappa shape index (κ3) is 8.14. The van der Waals surface area contributed by atoms with E-state index in [1.807, 2.05) is 62.4 Å². The molecular formula is C27H36O5S. The molecule has 1 N–H and O–H groups in total. The molecule has 0 aliphatic carbocycles. The molecule has 0 bridgehead atoms. The Hall–Kier alpha value is -1.86. The van der Waals surface area contributed by atoms with Crippen LogP contribution in [0.4, 0.5) is 0 Å². The Morgan fingerprint density at radius 2 is 1.88 bits per heavy atom. The maximum Gasteiger partial charge on any atom is 0.196 e. The van der Waals surface area contributed by atoms with E-state index in [1.54, 1.807) is 7.11 Å². The zero-order valence-electron chi connectivity index (χ0n) is 20.0. The second-order valence-corrected chi connectivity index (χ2v) is 10.3. The summed E-state index contributed by atoms with van der Waals surface area (Å²) in [6.07, 6.45) is 0.797. The van der Waals surface area contributed by atoms with Crippen LogP contribution in [0.25, 0.3) is 0 Å². The maximum absolute atomic E-state index is 12.6. The molecule has 6 heteroatoms. The lowest BCUT2D eigenvalue weighted by atomic mass is 9.85. The average molecular weight is 473 g/mol. The van der Waals surface area contributed by atoms with Crippen molar-refractivity contribution in [3.8, 4) is 5.75 Å². The van der Waals surface area contributed by atoms with E-state index in [1.165, 1.54) is 17.3 Å². The fourth-order valence-corrected chi connectivity index (χ4v) is 4.89. The first-order valence-electron chi connectivity index (χ1n) is 11.7. The highest BCUT2D eigenvalue weighted by atomic mass is 32.2. The number of carbonyl (C=O) groups is 1. The molecule has 0 amide bonds. The molecule has 180 valence electrons. The van der Waals surface area contributed by atoms with E-state index in [0.29, 0.717) is 26.1 Å². The van der Waals surface area contributed by atoms with Crippen molar-refractivity contribution >= 4 is 16.9 Å². The second-order valence-electron chi connectivity index (χ2n) is 9.15. The van der Waals surface area contributed by atoms with Crippen LogP contribution in [0.1, 0.15) is 44.2 Å². The van der Waals surface area contributed by atoms with Gasteiger partial charge in [-0.05, 0) is 49.1 Å². The van der Waals surface area contributed by atoms with Gasteiger partial charge in [0.15, 0.2) is 5.12 Å². The highest BCUT2D eigenvalue weighted by molar-refractivity contribution is 8.13. The molecule has 1 aliphatic heterocycles. The number of benzene rings is 2. The monoisotopic (exact) mass is 472 g/mol. The first-order chi connectivity index (χ1) is 15.8. The Labute approximate surface area is 201 Å². The number of ether oxygens (including phenoxy) is 3. The van der Waals surface area contributed by atoms with Gasteiger partial charge in [-0.15, -0.1) is 0 Å². The minimum Gasteiger partial charge on any atom is -0.497 e. The Balaban J connectivity index is 1.45. The number of aliphatic hydroxyl groups is 1. The Kier molecular flexibility index (Phi) is 9.80. The molecular weight excluding hydrogens is 436 g/mol. The summed E-state index contributed by atoms with van der Waals surface area (Å²) in [6, 6.07) is 15.8. The zero-order valence-corrected chi connectivity index (χ0v) is 20.8. The molecule has 0 saturated carbocycles. The average Bonchev–Trinajstić information content (AvgIpc) is 2.79. The van der Waals surface area contributed by atoms with Gasteiger partial charge in [-0.1, -0.05) is 55.4 Å². The minimum atomic E-state index is -0.460. The molecule has 0 spiro atoms. The normalized spacial score (nSPS) is 23.8. The van der Waals surface area contributed by atoms with Gasteiger partial charge in [0.1, 0.15) is 5.75 Å². The fourth-order valence-electron chi connectivity index (χ4n) is 4.09. The zero-order chi connectivity index (χ0) is 23.8. The Morgan fingerprint density at radius 1 is 1.18 bits per heavy atom. The van der Waals surface area contributed by atoms with Crippen LogP contribution in [-0.4, -0.2) is 42.3 Å². The maximum atomic E-state index is 12.6. The van der Waals surface area contributed by atoms with Crippen LogP contribution in [0.2, 0.25) is 0 Å². The van der Waals surface area contributed by atoms with Crippen molar-refractivity contribution in [2.45, 2.75) is 69.8 Å². The van der Waals surface area contributed by atoms with Crippen molar-refractivity contribution in [3.05, 3.63) is 59.7 Å². The molecule has 2 aromatic rings. The largest absolute Gasteiger partial charge is 0.497 e. The van der Waals surface area contributed by atoms with Crippen LogP contribution in [0.15, 0.2) is 53.4 Å². The predicted octanol–water partition coefficient (Wildman–Crippen LogP) is 5.41. The molecule has 1 saturated heterocycles. The van der Waals surface area contributed by atoms with Crippen molar-refractivity contribution in [3.63, 3.8) is 0 Å². The lowest BCUT2D eigenvalue weighted by Gasteiger charge is -2.39. The molecule has 0 radical (unpaired) electrons. The van der Waals surface area contributed by atoms with Crippen molar-refractivity contribution < 1.29 is 24.1 Å². The van der Waals surface area contributed by atoms with Gasteiger partial charge in [-0.2, -0.15) is 0 Å². The summed E-state index contributed by atoms with van der Waals surface area (Å²) in [7, 11) is 1.65. The summed E-state index contributed by atoms with van der Waals surface area (Å²) in [5.41, 5.74) is 2.27. The minimum absolute atomic E-state index is 0.0325. The van der Waals surface area contributed by atoms with E-state index in [0.717, 1.165) is 22.6 Å². The third-order valence-corrected chi connectivity index (χ3v) is 7.08. The molecule has 3 rings (SSSR count). The van der Waals surface area contributed by atoms with Crippen molar-refractivity contribution in [2.75, 3.05) is 13.7 Å².